The molecule has 1 N–H and O–H groups in total. The number of rotatable bonds is 5. The van der Waals surface area contributed by atoms with Crippen molar-refractivity contribution in [1.29, 1.82) is 0 Å². The molecular weight excluding hydrogens is 340 g/mol. The highest BCUT2D eigenvalue weighted by Crippen LogP contribution is 2.28. The van der Waals surface area contributed by atoms with E-state index in [-0.39, 0.29) is 11.9 Å². The molecule has 142 valence electrons. The van der Waals surface area contributed by atoms with Gasteiger partial charge in [0.2, 0.25) is 0 Å². The quantitative estimate of drug-likeness (QED) is 0.746. The first-order valence-electron chi connectivity index (χ1n) is 9.72. The summed E-state index contributed by atoms with van der Waals surface area (Å²) in [4.78, 5) is 14.9. The number of nitrogens with one attached hydrogen (secondary N) is 1. The molecule has 0 spiro atoms. The summed E-state index contributed by atoms with van der Waals surface area (Å²) in [5.41, 5.74) is 1.34. The maximum Gasteiger partial charge on any atom is 0.274 e. The van der Waals surface area contributed by atoms with E-state index in [4.69, 9.17) is 4.42 Å². The maximum absolute atomic E-state index is 13.1. The Kier molecular flexibility index (Phi) is 4.99. The van der Waals surface area contributed by atoms with Crippen molar-refractivity contribution < 1.29 is 9.21 Å². The second kappa shape index (κ2) is 7.56. The van der Waals surface area contributed by atoms with Gasteiger partial charge in [-0.05, 0) is 51.4 Å². The number of carbonyl (C=O) groups is 1. The molecule has 1 amide bonds. The van der Waals surface area contributed by atoms with E-state index >= 15 is 0 Å². The number of piperidine rings is 1. The molecule has 27 heavy (non-hydrogen) atoms. The summed E-state index contributed by atoms with van der Waals surface area (Å²) < 4.78 is 7.90. The molecule has 2 atom stereocenters. The van der Waals surface area contributed by atoms with Crippen molar-refractivity contribution in [3.8, 4) is 0 Å². The van der Waals surface area contributed by atoms with Crippen LogP contribution < -0.4 is 5.32 Å². The van der Waals surface area contributed by atoms with E-state index < -0.39 is 0 Å². The number of hydrogen-bond donors (Lipinski definition) is 1. The Labute approximate surface area is 159 Å². The highest BCUT2D eigenvalue weighted by atomic mass is 16.3. The number of furan rings is 1. The van der Waals surface area contributed by atoms with Gasteiger partial charge in [-0.3, -0.25) is 9.48 Å². The van der Waals surface area contributed by atoms with Gasteiger partial charge >= 0.3 is 0 Å². The predicted molar refractivity (Wildman–Crippen MR) is 105 cm³/mol. The van der Waals surface area contributed by atoms with E-state index in [0.29, 0.717) is 18.3 Å². The van der Waals surface area contributed by atoms with Crippen LogP contribution in [0.5, 0.6) is 0 Å². The van der Waals surface area contributed by atoms with E-state index in [2.05, 4.69) is 10.4 Å². The summed E-state index contributed by atoms with van der Waals surface area (Å²) in [6.07, 6.45) is 4.15. The molecular formula is C21H26N4O2. The Hall–Kier alpha value is -2.60. The number of amides is 1. The molecule has 3 aromatic rings. The van der Waals surface area contributed by atoms with Crippen molar-refractivity contribution in [2.24, 2.45) is 0 Å². The number of para-hydroxylation sites is 1. The topological polar surface area (TPSA) is 63.3 Å². The first-order valence-corrected chi connectivity index (χ1v) is 9.72. The van der Waals surface area contributed by atoms with Gasteiger partial charge in [0.15, 0.2) is 0 Å². The minimum absolute atomic E-state index is 0.0621. The highest BCUT2D eigenvalue weighted by molar-refractivity contribution is 5.92. The standard InChI is InChI=1S/C21H26N4O2/c1-3-24(15(2)20-13-16-7-4-5-9-19(16)27-20)21(26)18-10-12-25(23-18)17-8-6-11-22-14-17/h4-5,7,9-10,12-13,15,17,22H,3,6,8,11,14H2,1-2H3. The summed E-state index contributed by atoms with van der Waals surface area (Å²) in [5.74, 6) is 0.732. The van der Waals surface area contributed by atoms with Crippen LogP contribution in [0.2, 0.25) is 0 Å². The van der Waals surface area contributed by atoms with Crippen LogP contribution >= 0.6 is 0 Å². The molecule has 3 heterocycles. The van der Waals surface area contributed by atoms with E-state index in [1.54, 1.807) is 0 Å². The molecule has 2 unspecified atom stereocenters. The number of hydrogen-bond acceptors (Lipinski definition) is 4. The van der Waals surface area contributed by atoms with Gasteiger partial charge in [0.25, 0.3) is 5.91 Å². The van der Waals surface area contributed by atoms with Gasteiger partial charge in [-0.15, -0.1) is 0 Å². The van der Waals surface area contributed by atoms with Gasteiger partial charge in [0.05, 0.1) is 12.1 Å². The molecule has 1 fully saturated rings. The fourth-order valence-electron chi connectivity index (χ4n) is 3.82. The number of nitrogens with zero attached hydrogens (tertiary/aromatic N) is 3. The third-order valence-electron chi connectivity index (χ3n) is 5.40. The lowest BCUT2D eigenvalue weighted by molar-refractivity contribution is 0.0677. The second-order valence-electron chi connectivity index (χ2n) is 7.13. The van der Waals surface area contributed by atoms with Crippen molar-refractivity contribution in [1.82, 2.24) is 20.0 Å². The van der Waals surface area contributed by atoms with Crippen LogP contribution in [0.3, 0.4) is 0 Å². The van der Waals surface area contributed by atoms with Crippen molar-refractivity contribution >= 4 is 16.9 Å². The molecule has 6 heteroatoms. The van der Waals surface area contributed by atoms with Gasteiger partial charge in [-0.25, -0.2) is 0 Å². The third kappa shape index (κ3) is 3.49. The maximum atomic E-state index is 13.1. The molecule has 1 aliphatic heterocycles. The largest absolute Gasteiger partial charge is 0.459 e. The Morgan fingerprint density at radius 1 is 1.41 bits per heavy atom. The first kappa shape index (κ1) is 17.8. The predicted octanol–water partition coefficient (Wildman–Crippen LogP) is 3.78. The average molecular weight is 366 g/mol. The smallest absolute Gasteiger partial charge is 0.274 e. The second-order valence-corrected chi connectivity index (χ2v) is 7.13. The Morgan fingerprint density at radius 2 is 2.26 bits per heavy atom. The third-order valence-corrected chi connectivity index (χ3v) is 5.40. The zero-order valence-electron chi connectivity index (χ0n) is 15.9. The number of carbonyl (C=O) groups excluding carboxylic acids is 1. The van der Waals surface area contributed by atoms with Crippen LogP contribution in [0.1, 0.15) is 55.0 Å². The minimum atomic E-state index is -0.156. The fraction of sp³-hybridized carbons (Fsp3) is 0.429. The van der Waals surface area contributed by atoms with Crippen LogP contribution in [-0.2, 0) is 0 Å². The van der Waals surface area contributed by atoms with E-state index in [1.165, 1.54) is 0 Å². The van der Waals surface area contributed by atoms with Crippen LogP contribution in [-0.4, -0.2) is 40.2 Å². The van der Waals surface area contributed by atoms with Gasteiger partial charge in [-0.1, -0.05) is 18.2 Å². The lowest BCUT2D eigenvalue weighted by Crippen LogP contribution is -2.34. The molecule has 0 aliphatic carbocycles. The lowest BCUT2D eigenvalue weighted by atomic mass is 10.1. The van der Waals surface area contributed by atoms with Crippen molar-refractivity contribution in [2.75, 3.05) is 19.6 Å². The van der Waals surface area contributed by atoms with Gasteiger partial charge in [0.1, 0.15) is 17.0 Å². The van der Waals surface area contributed by atoms with Crippen molar-refractivity contribution in [3.63, 3.8) is 0 Å². The highest BCUT2D eigenvalue weighted by Gasteiger charge is 2.26. The molecule has 1 aliphatic rings. The zero-order chi connectivity index (χ0) is 18.8. The fourth-order valence-corrected chi connectivity index (χ4v) is 3.82. The van der Waals surface area contributed by atoms with E-state index in [1.807, 2.05) is 66.0 Å². The summed E-state index contributed by atoms with van der Waals surface area (Å²) in [6.45, 7) is 6.54. The summed E-state index contributed by atoms with van der Waals surface area (Å²) in [7, 11) is 0. The van der Waals surface area contributed by atoms with E-state index in [9.17, 15) is 4.79 Å². The van der Waals surface area contributed by atoms with Crippen LogP contribution in [0.4, 0.5) is 0 Å². The Balaban J connectivity index is 1.54. The van der Waals surface area contributed by atoms with Gasteiger partial charge in [0, 0.05) is 24.7 Å². The Morgan fingerprint density at radius 3 is 3.00 bits per heavy atom. The van der Waals surface area contributed by atoms with Crippen molar-refractivity contribution in [2.45, 2.75) is 38.8 Å². The molecule has 1 saturated heterocycles. The number of fused-ring (bicyclic) bond motifs is 1. The SMILES string of the molecule is CCN(C(=O)c1ccn(C2CCCNC2)n1)C(C)c1cc2ccccc2o1. The van der Waals surface area contributed by atoms with Crippen LogP contribution in [0.25, 0.3) is 11.0 Å². The van der Waals surface area contributed by atoms with Crippen molar-refractivity contribution in [3.05, 3.63) is 54.0 Å². The molecule has 6 nitrogen and oxygen atoms in total. The van der Waals surface area contributed by atoms with Crippen LogP contribution in [0, 0.1) is 0 Å². The normalized spacial score (nSPS) is 18.5. The summed E-state index contributed by atoms with van der Waals surface area (Å²) in [6, 6.07) is 11.9. The first-order chi connectivity index (χ1) is 13.2. The monoisotopic (exact) mass is 366 g/mol. The van der Waals surface area contributed by atoms with Gasteiger partial charge in [-0.2, -0.15) is 5.10 Å². The van der Waals surface area contributed by atoms with Gasteiger partial charge < -0.3 is 14.6 Å². The van der Waals surface area contributed by atoms with Crippen LogP contribution in [0.15, 0.2) is 47.0 Å². The number of aromatic nitrogens is 2. The van der Waals surface area contributed by atoms with E-state index in [0.717, 1.165) is 42.7 Å². The molecule has 0 bridgehead atoms. The zero-order valence-corrected chi connectivity index (χ0v) is 15.9. The molecule has 1 aromatic carbocycles. The molecule has 4 rings (SSSR count). The summed E-state index contributed by atoms with van der Waals surface area (Å²) in [5, 5.41) is 9.02. The Bertz CT molecular complexity index is 890. The minimum Gasteiger partial charge on any atom is -0.459 e. The number of benzene rings is 1. The lowest BCUT2D eigenvalue weighted by Gasteiger charge is -2.26. The molecule has 0 saturated carbocycles. The molecule has 0 radical (unpaired) electrons. The average Bonchev–Trinajstić information content (AvgIpc) is 3.36. The molecule has 2 aromatic heterocycles. The summed E-state index contributed by atoms with van der Waals surface area (Å²) >= 11 is 0.